The van der Waals surface area contributed by atoms with Crippen molar-refractivity contribution < 1.29 is 14.7 Å². The molecule has 0 aliphatic carbocycles. The zero-order valence-corrected chi connectivity index (χ0v) is 7.50. The molecule has 11 heavy (non-hydrogen) atoms. The maximum absolute atomic E-state index is 9.26. The van der Waals surface area contributed by atoms with Gasteiger partial charge < -0.3 is 14.7 Å². The monoisotopic (exact) mass is 160 g/mol. The van der Waals surface area contributed by atoms with Crippen LogP contribution in [-0.4, -0.2) is 37.6 Å². The molecule has 1 heterocycles. The highest BCUT2D eigenvalue weighted by Crippen LogP contribution is 2.15. The lowest BCUT2D eigenvalue weighted by atomic mass is 10.0. The first kappa shape index (κ1) is 8.97. The van der Waals surface area contributed by atoms with Crippen molar-refractivity contribution in [3.8, 4) is 0 Å². The van der Waals surface area contributed by atoms with Gasteiger partial charge in [0.05, 0.1) is 32.7 Å². The number of ether oxygens (including phenoxy) is 1. The Bertz CT molecular complexity index is 117. The summed E-state index contributed by atoms with van der Waals surface area (Å²) in [6, 6.07) is 0.550. The number of aliphatic hydroxyl groups excluding tert-OH is 1. The smallest absolute Gasteiger partial charge is 0.160 e. The van der Waals surface area contributed by atoms with Gasteiger partial charge in [0, 0.05) is 6.42 Å². The van der Waals surface area contributed by atoms with Gasteiger partial charge in [0.2, 0.25) is 0 Å². The van der Waals surface area contributed by atoms with E-state index in [9.17, 15) is 5.11 Å². The SMILES string of the molecule is C[C@@H]1CC([NH+](C)C)C[C@H](O)O1. The standard InChI is InChI=1S/C8H17NO2/c1-6-4-7(9(2)3)5-8(10)11-6/h6-8,10H,4-5H2,1-3H3/p+1/t6-,7?,8-/m1/s1. The Labute approximate surface area is 68.0 Å². The van der Waals surface area contributed by atoms with Crippen molar-refractivity contribution in [1.82, 2.24) is 0 Å². The molecule has 3 atom stereocenters. The van der Waals surface area contributed by atoms with Gasteiger partial charge in [-0.05, 0) is 6.92 Å². The van der Waals surface area contributed by atoms with Gasteiger partial charge in [-0.15, -0.1) is 0 Å². The summed E-state index contributed by atoms with van der Waals surface area (Å²) in [5, 5.41) is 9.26. The van der Waals surface area contributed by atoms with E-state index in [0.717, 1.165) is 12.8 Å². The highest BCUT2D eigenvalue weighted by atomic mass is 16.6. The molecule has 0 aromatic heterocycles. The average Bonchev–Trinajstić information content (AvgIpc) is 1.85. The first-order chi connectivity index (χ1) is 5.09. The Kier molecular flexibility index (Phi) is 2.87. The molecule has 3 heteroatoms. The maximum atomic E-state index is 9.26. The van der Waals surface area contributed by atoms with Gasteiger partial charge in [0.1, 0.15) is 0 Å². The second-order valence-electron chi connectivity index (χ2n) is 3.65. The van der Waals surface area contributed by atoms with Crippen LogP contribution >= 0.6 is 0 Å². The van der Waals surface area contributed by atoms with Crippen molar-refractivity contribution in [2.24, 2.45) is 0 Å². The summed E-state index contributed by atoms with van der Waals surface area (Å²) >= 11 is 0. The van der Waals surface area contributed by atoms with Crippen LogP contribution in [0, 0.1) is 0 Å². The Morgan fingerprint density at radius 1 is 1.36 bits per heavy atom. The third-order valence-electron chi connectivity index (χ3n) is 2.31. The van der Waals surface area contributed by atoms with Crippen molar-refractivity contribution in [1.29, 1.82) is 0 Å². The number of quaternary nitrogens is 1. The van der Waals surface area contributed by atoms with Crippen LogP contribution in [-0.2, 0) is 4.74 Å². The van der Waals surface area contributed by atoms with Gasteiger partial charge in [-0.25, -0.2) is 0 Å². The minimum atomic E-state index is -0.543. The molecule has 66 valence electrons. The van der Waals surface area contributed by atoms with Gasteiger partial charge in [-0.3, -0.25) is 0 Å². The molecule has 2 N–H and O–H groups in total. The van der Waals surface area contributed by atoms with E-state index >= 15 is 0 Å². The summed E-state index contributed by atoms with van der Waals surface area (Å²) in [4.78, 5) is 1.40. The normalized spacial score (nSPS) is 39.5. The van der Waals surface area contributed by atoms with Gasteiger partial charge >= 0.3 is 0 Å². The molecule has 0 amide bonds. The molecule has 0 radical (unpaired) electrons. The van der Waals surface area contributed by atoms with Crippen LogP contribution in [0.4, 0.5) is 0 Å². The maximum Gasteiger partial charge on any atom is 0.160 e. The molecule has 0 aromatic carbocycles. The predicted molar refractivity (Wildman–Crippen MR) is 42.4 cm³/mol. The fourth-order valence-electron chi connectivity index (χ4n) is 1.59. The van der Waals surface area contributed by atoms with Crippen LogP contribution in [0.25, 0.3) is 0 Å². The molecule has 3 nitrogen and oxygen atoms in total. The van der Waals surface area contributed by atoms with E-state index in [-0.39, 0.29) is 6.10 Å². The zero-order chi connectivity index (χ0) is 8.43. The van der Waals surface area contributed by atoms with E-state index < -0.39 is 6.29 Å². The Hall–Kier alpha value is -0.120. The van der Waals surface area contributed by atoms with E-state index in [1.54, 1.807) is 0 Å². The molecule has 1 aliphatic heterocycles. The third kappa shape index (κ3) is 2.43. The lowest BCUT2D eigenvalue weighted by Crippen LogP contribution is -3.10. The molecule has 0 bridgehead atoms. The fraction of sp³-hybridized carbons (Fsp3) is 1.00. The molecule has 1 aliphatic rings. The zero-order valence-electron chi connectivity index (χ0n) is 7.50. The van der Waals surface area contributed by atoms with E-state index in [0.29, 0.717) is 6.04 Å². The van der Waals surface area contributed by atoms with Gasteiger partial charge in [-0.1, -0.05) is 0 Å². The largest absolute Gasteiger partial charge is 0.368 e. The first-order valence-corrected chi connectivity index (χ1v) is 4.23. The molecule has 1 unspecified atom stereocenters. The van der Waals surface area contributed by atoms with Gasteiger partial charge in [-0.2, -0.15) is 0 Å². The summed E-state index contributed by atoms with van der Waals surface area (Å²) in [5.74, 6) is 0. The van der Waals surface area contributed by atoms with Crippen molar-refractivity contribution in [2.45, 2.75) is 38.2 Å². The van der Waals surface area contributed by atoms with E-state index in [2.05, 4.69) is 14.1 Å². The molecule has 1 fully saturated rings. The highest BCUT2D eigenvalue weighted by molar-refractivity contribution is 4.68. The van der Waals surface area contributed by atoms with Gasteiger partial charge in [0.15, 0.2) is 6.29 Å². The Morgan fingerprint density at radius 2 is 2.00 bits per heavy atom. The Balaban J connectivity index is 2.43. The predicted octanol–water partition coefficient (Wildman–Crippen LogP) is -0.983. The minimum absolute atomic E-state index is 0.207. The average molecular weight is 160 g/mol. The van der Waals surface area contributed by atoms with Crippen LogP contribution in [0.3, 0.4) is 0 Å². The number of aliphatic hydroxyl groups is 1. The quantitative estimate of drug-likeness (QED) is 0.517. The molecule has 1 saturated heterocycles. The second-order valence-corrected chi connectivity index (χ2v) is 3.65. The van der Waals surface area contributed by atoms with Crippen molar-refractivity contribution in [3.63, 3.8) is 0 Å². The second kappa shape index (κ2) is 3.52. The Morgan fingerprint density at radius 3 is 2.45 bits per heavy atom. The number of hydrogen-bond donors (Lipinski definition) is 2. The van der Waals surface area contributed by atoms with Crippen LogP contribution < -0.4 is 4.90 Å². The van der Waals surface area contributed by atoms with E-state index in [1.165, 1.54) is 4.90 Å². The van der Waals surface area contributed by atoms with Gasteiger partial charge in [0.25, 0.3) is 0 Å². The van der Waals surface area contributed by atoms with Crippen molar-refractivity contribution in [2.75, 3.05) is 14.1 Å². The van der Waals surface area contributed by atoms with Crippen molar-refractivity contribution >= 4 is 0 Å². The van der Waals surface area contributed by atoms with E-state index in [4.69, 9.17) is 4.74 Å². The van der Waals surface area contributed by atoms with Crippen LogP contribution in [0.1, 0.15) is 19.8 Å². The fourth-order valence-corrected chi connectivity index (χ4v) is 1.59. The first-order valence-electron chi connectivity index (χ1n) is 4.23. The molecule has 0 aromatic rings. The lowest BCUT2D eigenvalue weighted by molar-refractivity contribution is -0.889. The summed E-state index contributed by atoms with van der Waals surface area (Å²) < 4.78 is 5.21. The minimum Gasteiger partial charge on any atom is -0.368 e. The van der Waals surface area contributed by atoms with Crippen molar-refractivity contribution in [3.05, 3.63) is 0 Å². The summed E-state index contributed by atoms with van der Waals surface area (Å²) in [6.07, 6.45) is 1.49. The summed E-state index contributed by atoms with van der Waals surface area (Å²) in [7, 11) is 4.24. The summed E-state index contributed by atoms with van der Waals surface area (Å²) in [5.41, 5.74) is 0. The highest BCUT2D eigenvalue weighted by Gasteiger charge is 2.29. The molecular weight excluding hydrogens is 142 g/mol. The summed E-state index contributed by atoms with van der Waals surface area (Å²) in [6.45, 7) is 2.01. The number of hydrogen-bond acceptors (Lipinski definition) is 2. The van der Waals surface area contributed by atoms with Crippen LogP contribution in [0.2, 0.25) is 0 Å². The topological polar surface area (TPSA) is 33.9 Å². The molecular formula is C8H18NO2+. The number of nitrogens with one attached hydrogen (secondary N) is 1. The van der Waals surface area contributed by atoms with E-state index in [1.807, 2.05) is 6.92 Å². The third-order valence-corrected chi connectivity index (χ3v) is 2.31. The van der Waals surface area contributed by atoms with Crippen LogP contribution in [0.5, 0.6) is 0 Å². The molecule has 1 rings (SSSR count). The van der Waals surface area contributed by atoms with Crippen LogP contribution in [0.15, 0.2) is 0 Å². The molecule has 0 spiro atoms. The molecule has 0 saturated carbocycles. The lowest BCUT2D eigenvalue weighted by Gasteiger charge is -2.32. The number of rotatable bonds is 1.